The number of H-pyrrole nitrogens is 3. The molecule has 0 radical (unpaired) electrons. The third-order valence-corrected chi connectivity index (χ3v) is 6.26. The molecule has 8 nitrogen and oxygen atoms in total. The molecule has 0 atom stereocenters. The van der Waals surface area contributed by atoms with Crippen LogP contribution in [0.3, 0.4) is 0 Å². The van der Waals surface area contributed by atoms with Crippen LogP contribution in [0.25, 0.3) is 55.6 Å². The molecule has 0 aliphatic rings. The average Bonchev–Trinajstić information content (AvgIpc) is 3.62. The van der Waals surface area contributed by atoms with Crippen molar-refractivity contribution in [3.8, 4) is 33.8 Å². The molecule has 0 saturated carbocycles. The summed E-state index contributed by atoms with van der Waals surface area (Å²) in [5, 5.41) is 19.8. The third kappa shape index (κ3) is 4.09. The van der Waals surface area contributed by atoms with Gasteiger partial charge in [-0.3, -0.25) is 15.2 Å². The zero-order valence-electron chi connectivity index (χ0n) is 19.9. The fourth-order valence-corrected chi connectivity index (χ4v) is 4.48. The van der Waals surface area contributed by atoms with Crippen molar-refractivity contribution in [2.75, 3.05) is 32.5 Å². The summed E-state index contributed by atoms with van der Waals surface area (Å²) in [4.78, 5) is 10.1. The van der Waals surface area contributed by atoms with Gasteiger partial charge in [0, 0.05) is 46.8 Å². The highest BCUT2D eigenvalue weighted by Gasteiger charge is 2.15. The van der Waals surface area contributed by atoms with E-state index in [0.29, 0.717) is 0 Å². The van der Waals surface area contributed by atoms with Crippen LogP contribution in [-0.4, -0.2) is 62.4 Å². The van der Waals surface area contributed by atoms with Crippen molar-refractivity contribution in [1.82, 2.24) is 35.3 Å². The van der Waals surface area contributed by atoms with Gasteiger partial charge in [-0.1, -0.05) is 12.1 Å². The van der Waals surface area contributed by atoms with Gasteiger partial charge in [-0.2, -0.15) is 10.2 Å². The van der Waals surface area contributed by atoms with E-state index in [1.807, 2.05) is 50.6 Å². The van der Waals surface area contributed by atoms with Gasteiger partial charge in [-0.05, 0) is 61.6 Å². The molecule has 0 unspecified atom stereocenters. The summed E-state index contributed by atoms with van der Waals surface area (Å²) >= 11 is 0. The zero-order chi connectivity index (χ0) is 24.6. The number of pyridine rings is 1. The van der Waals surface area contributed by atoms with Gasteiger partial charge in [-0.15, -0.1) is 0 Å². The summed E-state index contributed by atoms with van der Waals surface area (Å²) in [6.45, 7) is 1.59. The lowest BCUT2D eigenvalue weighted by Gasteiger charge is -2.13. The second-order valence-electron chi connectivity index (χ2n) is 9.08. The summed E-state index contributed by atoms with van der Waals surface area (Å²) < 4.78 is 14.6. The summed E-state index contributed by atoms with van der Waals surface area (Å²) in [5.41, 5.74) is 7.70. The molecule has 6 rings (SSSR count). The maximum absolute atomic E-state index is 14.6. The van der Waals surface area contributed by atoms with Gasteiger partial charge in [0.15, 0.2) is 0 Å². The number of benzene rings is 2. The van der Waals surface area contributed by atoms with E-state index in [1.165, 1.54) is 6.07 Å². The van der Waals surface area contributed by atoms with E-state index >= 15 is 0 Å². The summed E-state index contributed by atoms with van der Waals surface area (Å²) in [6, 6.07) is 15.2. The van der Waals surface area contributed by atoms with Crippen LogP contribution >= 0.6 is 0 Å². The Bertz CT molecular complexity index is 1660. The van der Waals surface area contributed by atoms with Crippen LogP contribution in [0, 0.1) is 5.82 Å². The number of aromatic amines is 3. The minimum atomic E-state index is -0.273. The molecule has 0 bridgehead atoms. The molecular weight excluding hydrogens is 455 g/mol. The Balaban J connectivity index is 1.41. The number of halogens is 1. The Labute approximate surface area is 206 Å². The number of aromatic nitrogens is 6. The van der Waals surface area contributed by atoms with Gasteiger partial charge in [0.1, 0.15) is 11.5 Å². The Hall–Kier alpha value is -4.50. The van der Waals surface area contributed by atoms with E-state index in [0.717, 1.165) is 74.4 Å². The van der Waals surface area contributed by atoms with Gasteiger partial charge in [0.05, 0.1) is 29.3 Å². The first-order valence-corrected chi connectivity index (χ1v) is 11.7. The fourth-order valence-electron chi connectivity index (χ4n) is 4.48. The van der Waals surface area contributed by atoms with Gasteiger partial charge in [0.25, 0.3) is 0 Å². The minimum absolute atomic E-state index is 0.273. The van der Waals surface area contributed by atoms with E-state index in [2.05, 4.69) is 46.6 Å². The number of hydrogen-bond acceptors (Lipinski definition) is 5. The lowest BCUT2D eigenvalue weighted by Crippen LogP contribution is -2.20. The molecule has 6 aromatic rings. The highest BCUT2D eigenvalue weighted by Crippen LogP contribution is 2.35. The summed E-state index contributed by atoms with van der Waals surface area (Å²) in [5.74, 6) is -0.273. The maximum Gasteiger partial charge on any atom is 0.125 e. The molecule has 0 amide bonds. The Morgan fingerprint density at radius 3 is 2.72 bits per heavy atom. The van der Waals surface area contributed by atoms with Crippen LogP contribution < -0.4 is 5.32 Å². The Morgan fingerprint density at radius 1 is 0.972 bits per heavy atom. The summed E-state index contributed by atoms with van der Waals surface area (Å²) in [7, 11) is 4.03. The molecule has 4 aromatic heterocycles. The molecule has 180 valence electrons. The molecule has 2 aromatic carbocycles. The first kappa shape index (κ1) is 22.0. The maximum atomic E-state index is 14.6. The van der Waals surface area contributed by atoms with Gasteiger partial charge < -0.3 is 15.2 Å². The number of nitrogens with one attached hydrogen (secondary N) is 4. The van der Waals surface area contributed by atoms with E-state index in [-0.39, 0.29) is 5.82 Å². The quantitative estimate of drug-likeness (QED) is 0.249. The first-order chi connectivity index (χ1) is 17.5. The van der Waals surface area contributed by atoms with Crippen LogP contribution in [-0.2, 0) is 0 Å². The van der Waals surface area contributed by atoms with Gasteiger partial charge in [-0.25, -0.2) is 4.39 Å². The molecule has 0 fully saturated rings. The highest BCUT2D eigenvalue weighted by molar-refractivity contribution is 6.01. The fraction of sp³-hybridized carbons (Fsp3) is 0.148. The Morgan fingerprint density at radius 2 is 1.89 bits per heavy atom. The van der Waals surface area contributed by atoms with Gasteiger partial charge >= 0.3 is 0 Å². The van der Waals surface area contributed by atoms with Crippen LogP contribution in [0.5, 0.6) is 0 Å². The summed E-state index contributed by atoms with van der Waals surface area (Å²) in [6.07, 6.45) is 5.33. The van der Waals surface area contributed by atoms with E-state index in [9.17, 15) is 4.39 Å². The molecule has 36 heavy (non-hydrogen) atoms. The molecule has 0 aliphatic heterocycles. The molecule has 4 N–H and O–H groups in total. The largest absolute Gasteiger partial charge is 0.384 e. The van der Waals surface area contributed by atoms with Crippen molar-refractivity contribution in [3.05, 3.63) is 72.9 Å². The standard InChI is InChI=1S/C27H25FN8/c1-36(2)7-6-29-19-9-16(8-18(28)10-19)20-4-3-5-23-21(20)11-25(33-23)27-22-12-24(17-13-31-32-14-17)30-15-26(22)34-35-27/h3-5,8-15,29,33H,6-7H2,1-2H3,(H,31,32)(H,34,35). The molecule has 4 heterocycles. The molecule has 0 aliphatic carbocycles. The third-order valence-electron chi connectivity index (χ3n) is 6.26. The second-order valence-corrected chi connectivity index (χ2v) is 9.08. The number of fused-ring (bicyclic) bond motifs is 2. The lowest BCUT2D eigenvalue weighted by molar-refractivity contribution is 0.425. The number of anilines is 1. The highest BCUT2D eigenvalue weighted by atomic mass is 19.1. The number of nitrogens with zero attached hydrogens (tertiary/aromatic N) is 4. The molecule has 9 heteroatoms. The second kappa shape index (κ2) is 8.94. The zero-order valence-corrected chi connectivity index (χ0v) is 19.9. The van der Waals surface area contributed by atoms with E-state index in [1.54, 1.807) is 18.5 Å². The van der Waals surface area contributed by atoms with Crippen molar-refractivity contribution >= 4 is 27.5 Å². The topological polar surface area (TPSA) is 101 Å². The van der Waals surface area contributed by atoms with Crippen LogP contribution in [0.1, 0.15) is 0 Å². The van der Waals surface area contributed by atoms with Crippen molar-refractivity contribution in [1.29, 1.82) is 0 Å². The SMILES string of the molecule is CN(C)CCNc1cc(F)cc(-c2cccc3[nH]c(-c4n[nH]c5cnc(-c6cn[nH]c6)cc45)cc23)c1. The van der Waals surface area contributed by atoms with Crippen molar-refractivity contribution in [2.24, 2.45) is 0 Å². The average molecular weight is 481 g/mol. The molecular formula is C27H25FN8. The minimum Gasteiger partial charge on any atom is -0.384 e. The predicted molar refractivity (Wildman–Crippen MR) is 141 cm³/mol. The number of hydrogen-bond donors (Lipinski definition) is 4. The van der Waals surface area contributed by atoms with Crippen LogP contribution in [0.2, 0.25) is 0 Å². The predicted octanol–water partition coefficient (Wildman–Crippen LogP) is 5.28. The van der Waals surface area contributed by atoms with E-state index < -0.39 is 0 Å². The van der Waals surface area contributed by atoms with Crippen molar-refractivity contribution in [2.45, 2.75) is 0 Å². The molecule has 0 saturated heterocycles. The van der Waals surface area contributed by atoms with Crippen molar-refractivity contribution in [3.63, 3.8) is 0 Å². The van der Waals surface area contributed by atoms with E-state index in [4.69, 9.17) is 0 Å². The number of likely N-dealkylation sites (N-methyl/N-ethyl adjacent to an activating group) is 1. The number of rotatable bonds is 7. The molecule has 0 spiro atoms. The van der Waals surface area contributed by atoms with Gasteiger partial charge in [0.2, 0.25) is 0 Å². The smallest absolute Gasteiger partial charge is 0.125 e. The Kier molecular flexibility index (Phi) is 5.46. The van der Waals surface area contributed by atoms with Crippen LogP contribution in [0.4, 0.5) is 10.1 Å². The first-order valence-electron chi connectivity index (χ1n) is 11.7. The lowest BCUT2D eigenvalue weighted by atomic mass is 10.0. The monoisotopic (exact) mass is 480 g/mol. The van der Waals surface area contributed by atoms with Crippen molar-refractivity contribution < 1.29 is 4.39 Å². The normalized spacial score (nSPS) is 11.7. The van der Waals surface area contributed by atoms with Crippen LogP contribution in [0.15, 0.2) is 67.1 Å².